The van der Waals surface area contributed by atoms with E-state index < -0.39 is 0 Å². The second-order valence-electron chi connectivity index (χ2n) is 6.96. The third-order valence-corrected chi connectivity index (χ3v) is 4.85. The monoisotopic (exact) mass is 358 g/mol. The van der Waals surface area contributed by atoms with Gasteiger partial charge in [0.2, 0.25) is 0 Å². The van der Waals surface area contributed by atoms with Gasteiger partial charge in [0, 0.05) is 38.8 Å². The van der Waals surface area contributed by atoms with E-state index in [1.54, 1.807) is 7.05 Å². The number of guanidine groups is 1. The van der Waals surface area contributed by atoms with Crippen LogP contribution in [-0.2, 0) is 6.54 Å². The lowest BCUT2D eigenvalue weighted by molar-refractivity contribution is 0.0724. The highest BCUT2D eigenvalue weighted by molar-refractivity contribution is 5.94. The Morgan fingerprint density at radius 1 is 1.04 bits per heavy atom. The Labute approximate surface area is 158 Å². The molecule has 0 aromatic heterocycles. The maximum atomic E-state index is 12.5. The zero-order valence-corrected chi connectivity index (χ0v) is 16.4. The minimum atomic E-state index is 0.161. The van der Waals surface area contributed by atoms with Gasteiger partial charge in [-0.05, 0) is 43.4 Å². The Kier molecular flexibility index (Phi) is 9.01. The number of nitrogens with zero attached hydrogens (tertiary/aromatic N) is 2. The maximum Gasteiger partial charge on any atom is 0.253 e. The van der Waals surface area contributed by atoms with Gasteiger partial charge in [0.05, 0.1) is 0 Å². The molecule has 5 heteroatoms. The zero-order valence-electron chi connectivity index (χ0n) is 16.4. The first-order valence-corrected chi connectivity index (χ1v) is 10.1. The van der Waals surface area contributed by atoms with Crippen molar-refractivity contribution >= 4 is 11.9 Å². The largest absolute Gasteiger partial charge is 0.356 e. The van der Waals surface area contributed by atoms with Gasteiger partial charge in [0.25, 0.3) is 5.91 Å². The molecule has 1 aromatic carbocycles. The minimum Gasteiger partial charge on any atom is -0.356 e. The zero-order chi connectivity index (χ0) is 18.6. The lowest BCUT2D eigenvalue weighted by Gasteiger charge is -2.26. The van der Waals surface area contributed by atoms with Gasteiger partial charge >= 0.3 is 0 Å². The van der Waals surface area contributed by atoms with Crippen LogP contribution in [0.2, 0.25) is 0 Å². The van der Waals surface area contributed by atoms with Crippen molar-refractivity contribution in [2.24, 2.45) is 4.99 Å². The van der Waals surface area contributed by atoms with Crippen molar-refractivity contribution in [3.8, 4) is 0 Å². The summed E-state index contributed by atoms with van der Waals surface area (Å²) in [4.78, 5) is 18.7. The van der Waals surface area contributed by atoms with Crippen molar-refractivity contribution in [2.45, 2.75) is 58.4 Å². The van der Waals surface area contributed by atoms with E-state index in [-0.39, 0.29) is 5.91 Å². The predicted molar refractivity (Wildman–Crippen MR) is 109 cm³/mol. The number of carbonyl (C=O) groups is 1. The van der Waals surface area contributed by atoms with E-state index in [0.29, 0.717) is 6.54 Å². The summed E-state index contributed by atoms with van der Waals surface area (Å²) in [7, 11) is 1.79. The SMILES string of the molecule is CCCCCCNC(=NC)NCc1ccc(C(=O)N2CCCCC2)cc1. The molecule has 2 N–H and O–H groups in total. The fraction of sp³-hybridized carbons (Fsp3) is 0.619. The maximum absolute atomic E-state index is 12.5. The summed E-state index contributed by atoms with van der Waals surface area (Å²) in [5.41, 5.74) is 1.93. The molecule has 0 atom stereocenters. The molecule has 1 fully saturated rings. The molecule has 26 heavy (non-hydrogen) atoms. The molecule has 0 spiro atoms. The lowest BCUT2D eigenvalue weighted by Crippen LogP contribution is -2.37. The summed E-state index contributed by atoms with van der Waals surface area (Å²) in [5, 5.41) is 6.68. The van der Waals surface area contributed by atoms with E-state index >= 15 is 0 Å². The van der Waals surface area contributed by atoms with Crippen molar-refractivity contribution in [2.75, 3.05) is 26.7 Å². The first-order valence-electron chi connectivity index (χ1n) is 10.1. The summed E-state index contributed by atoms with van der Waals surface area (Å²) in [6.07, 6.45) is 8.45. The summed E-state index contributed by atoms with van der Waals surface area (Å²) >= 11 is 0. The fourth-order valence-electron chi connectivity index (χ4n) is 3.21. The van der Waals surface area contributed by atoms with Crippen LogP contribution < -0.4 is 10.6 Å². The molecule has 1 aliphatic rings. The fourth-order valence-corrected chi connectivity index (χ4v) is 3.21. The topological polar surface area (TPSA) is 56.7 Å². The number of benzene rings is 1. The van der Waals surface area contributed by atoms with Crippen molar-refractivity contribution in [1.29, 1.82) is 0 Å². The highest BCUT2D eigenvalue weighted by atomic mass is 16.2. The molecule has 1 saturated heterocycles. The van der Waals surface area contributed by atoms with Crippen LogP contribution in [0.1, 0.15) is 67.8 Å². The highest BCUT2D eigenvalue weighted by Crippen LogP contribution is 2.13. The van der Waals surface area contributed by atoms with Crippen LogP contribution in [-0.4, -0.2) is 43.4 Å². The van der Waals surface area contributed by atoms with Crippen LogP contribution in [0.5, 0.6) is 0 Å². The van der Waals surface area contributed by atoms with Gasteiger partial charge in [-0.3, -0.25) is 9.79 Å². The van der Waals surface area contributed by atoms with E-state index in [9.17, 15) is 4.79 Å². The average Bonchev–Trinajstić information content (AvgIpc) is 2.70. The van der Waals surface area contributed by atoms with Crippen LogP contribution in [0.3, 0.4) is 0 Å². The highest BCUT2D eigenvalue weighted by Gasteiger charge is 2.17. The van der Waals surface area contributed by atoms with Gasteiger partial charge in [-0.1, -0.05) is 38.3 Å². The molecule has 1 aromatic rings. The molecule has 1 aliphatic heterocycles. The molecule has 0 radical (unpaired) electrons. The Morgan fingerprint density at radius 2 is 1.77 bits per heavy atom. The number of aliphatic imine (C=N–C) groups is 1. The molecule has 0 saturated carbocycles. The van der Waals surface area contributed by atoms with Crippen LogP contribution in [0.15, 0.2) is 29.3 Å². The van der Waals surface area contributed by atoms with Gasteiger partial charge in [-0.15, -0.1) is 0 Å². The van der Waals surface area contributed by atoms with E-state index in [1.165, 1.54) is 32.1 Å². The first kappa shape index (κ1) is 20.3. The number of hydrogen-bond acceptors (Lipinski definition) is 2. The molecular formula is C21H34N4O. The number of piperidine rings is 1. The molecule has 144 valence electrons. The molecule has 2 rings (SSSR count). The Balaban J connectivity index is 1.76. The van der Waals surface area contributed by atoms with Crippen LogP contribution in [0.25, 0.3) is 0 Å². The summed E-state index contributed by atoms with van der Waals surface area (Å²) < 4.78 is 0. The van der Waals surface area contributed by atoms with Crippen LogP contribution in [0.4, 0.5) is 0 Å². The normalized spacial score (nSPS) is 15.0. The lowest BCUT2D eigenvalue weighted by atomic mass is 10.1. The van der Waals surface area contributed by atoms with Crippen molar-refractivity contribution in [3.63, 3.8) is 0 Å². The van der Waals surface area contributed by atoms with Crippen molar-refractivity contribution in [1.82, 2.24) is 15.5 Å². The molecule has 5 nitrogen and oxygen atoms in total. The Bertz CT molecular complexity index is 562. The first-order chi connectivity index (χ1) is 12.7. The number of carbonyl (C=O) groups excluding carboxylic acids is 1. The summed E-state index contributed by atoms with van der Waals surface area (Å²) in [6, 6.07) is 7.93. The molecule has 1 amide bonds. The Hall–Kier alpha value is -2.04. The number of rotatable bonds is 8. The van der Waals surface area contributed by atoms with Gasteiger partial charge in [0.15, 0.2) is 5.96 Å². The minimum absolute atomic E-state index is 0.161. The standard InChI is InChI=1S/C21H34N4O/c1-3-4-5-7-14-23-21(22-2)24-17-18-10-12-19(13-11-18)20(26)25-15-8-6-9-16-25/h10-13H,3-9,14-17H2,1-2H3,(H2,22,23,24). The molecule has 0 bridgehead atoms. The predicted octanol–water partition coefficient (Wildman–Crippen LogP) is 3.56. The van der Waals surface area contributed by atoms with Gasteiger partial charge < -0.3 is 15.5 Å². The third-order valence-electron chi connectivity index (χ3n) is 4.85. The van der Waals surface area contributed by atoms with E-state index in [4.69, 9.17) is 0 Å². The van der Waals surface area contributed by atoms with Gasteiger partial charge in [-0.25, -0.2) is 0 Å². The van der Waals surface area contributed by atoms with Crippen molar-refractivity contribution < 1.29 is 4.79 Å². The quantitative estimate of drug-likeness (QED) is 0.424. The summed E-state index contributed by atoms with van der Waals surface area (Å²) in [6.45, 7) is 5.65. The number of hydrogen-bond donors (Lipinski definition) is 2. The molecule has 0 unspecified atom stereocenters. The van der Waals surface area contributed by atoms with Crippen LogP contribution in [0, 0.1) is 0 Å². The third kappa shape index (κ3) is 6.70. The van der Waals surface area contributed by atoms with E-state index in [2.05, 4.69) is 22.5 Å². The van der Waals surface area contributed by atoms with E-state index in [1.807, 2.05) is 29.2 Å². The van der Waals surface area contributed by atoms with Crippen LogP contribution >= 0.6 is 0 Å². The van der Waals surface area contributed by atoms with Gasteiger partial charge in [0.1, 0.15) is 0 Å². The smallest absolute Gasteiger partial charge is 0.253 e. The van der Waals surface area contributed by atoms with Gasteiger partial charge in [-0.2, -0.15) is 0 Å². The number of nitrogens with one attached hydrogen (secondary N) is 2. The molecule has 1 heterocycles. The second-order valence-corrected chi connectivity index (χ2v) is 6.96. The van der Waals surface area contributed by atoms with E-state index in [0.717, 1.165) is 49.6 Å². The second kappa shape index (κ2) is 11.6. The Morgan fingerprint density at radius 3 is 2.42 bits per heavy atom. The number of amides is 1. The average molecular weight is 359 g/mol. The summed E-state index contributed by atoms with van der Waals surface area (Å²) in [5.74, 6) is 0.990. The molecular weight excluding hydrogens is 324 g/mol. The number of likely N-dealkylation sites (tertiary alicyclic amines) is 1. The van der Waals surface area contributed by atoms with Crippen molar-refractivity contribution in [3.05, 3.63) is 35.4 Å². The number of unbranched alkanes of at least 4 members (excludes halogenated alkanes) is 3. The molecule has 0 aliphatic carbocycles.